The number of carbonyl (C=O) groups is 1. The van der Waals surface area contributed by atoms with Crippen molar-refractivity contribution in [3.8, 4) is 11.5 Å². The summed E-state index contributed by atoms with van der Waals surface area (Å²) < 4.78 is 10.3. The largest absolute Gasteiger partial charge is 0.490 e. The summed E-state index contributed by atoms with van der Waals surface area (Å²) in [4.78, 5) is 21.3. The number of nitrogens with zero attached hydrogens (tertiary/aromatic N) is 1. The molecule has 1 heterocycles. The van der Waals surface area contributed by atoms with Crippen LogP contribution >= 0.6 is 11.3 Å². The Balaban J connectivity index is 2.10. The Bertz CT molecular complexity index is 681. The fourth-order valence-electron chi connectivity index (χ4n) is 1.64. The molecule has 110 valence electrons. The molecule has 2 aromatic rings. The van der Waals surface area contributed by atoms with Crippen LogP contribution < -0.4 is 9.47 Å². The van der Waals surface area contributed by atoms with Crippen LogP contribution in [0.25, 0.3) is 0 Å². The third kappa shape index (κ3) is 3.48. The lowest BCUT2D eigenvalue weighted by Crippen LogP contribution is -1.98. The third-order valence-electron chi connectivity index (χ3n) is 2.63. The molecule has 1 aromatic carbocycles. The number of hydrogen-bond acceptors (Lipinski definition) is 6. The summed E-state index contributed by atoms with van der Waals surface area (Å²) in [5, 5.41) is 21.3. The van der Waals surface area contributed by atoms with Crippen molar-refractivity contribution in [2.45, 2.75) is 6.61 Å². The van der Waals surface area contributed by atoms with Gasteiger partial charge in [-0.2, -0.15) is 0 Å². The van der Waals surface area contributed by atoms with E-state index >= 15 is 0 Å². The second kappa shape index (κ2) is 6.23. The second-order valence-corrected chi connectivity index (χ2v) is 4.92. The van der Waals surface area contributed by atoms with Crippen LogP contribution in [0.3, 0.4) is 0 Å². The molecule has 0 fully saturated rings. The van der Waals surface area contributed by atoms with Crippen LogP contribution in [0.15, 0.2) is 29.6 Å². The minimum Gasteiger partial charge on any atom is -0.490 e. The van der Waals surface area contributed by atoms with E-state index in [0.29, 0.717) is 11.3 Å². The molecule has 0 radical (unpaired) electrons. The number of hydrogen-bond donors (Lipinski definition) is 1. The molecule has 0 unspecified atom stereocenters. The highest BCUT2D eigenvalue weighted by atomic mass is 32.1. The van der Waals surface area contributed by atoms with E-state index in [9.17, 15) is 14.9 Å². The molecule has 21 heavy (non-hydrogen) atoms. The molecule has 0 saturated heterocycles. The number of ether oxygens (including phenoxy) is 2. The van der Waals surface area contributed by atoms with Crippen LogP contribution in [-0.2, 0) is 6.61 Å². The van der Waals surface area contributed by atoms with Crippen LogP contribution in [0, 0.1) is 10.1 Å². The molecule has 0 spiro atoms. The summed E-state index contributed by atoms with van der Waals surface area (Å²) in [7, 11) is 1.36. The first-order valence-electron chi connectivity index (χ1n) is 5.77. The molecule has 0 amide bonds. The standard InChI is InChI=1S/C13H11NO6S/c1-19-11-3-2-8(4-10(11)14(17)18)6-20-9-5-12(13(15)16)21-7-9/h2-5,7H,6H2,1H3,(H,15,16). The minimum atomic E-state index is -1.02. The molecule has 0 aliphatic rings. The van der Waals surface area contributed by atoms with Crippen molar-refractivity contribution in [3.05, 3.63) is 50.2 Å². The second-order valence-electron chi connectivity index (χ2n) is 4.00. The van der Waals surface area contributed by atoms with Gasteiger partial charge in [0, 0.05) is 17.5 Å². The molecule has 0 aliphatic heterocycles. The number of thiophene rings is 1. The molecule has 0 aliphatic carbocycles. The van der Waals surface area contributed by atoms with Gasteiger partial charge in [-0.05, 0) is 11.6 Å². The molecule has 0 bridgehead atoms. The van der Waals surface area contributed by atoms with E-state index in [0.717, 1.165) is 11.3 Å². The van der Waals surface area contributed by atoms with Crippen LogP contribution in [0.1, 0.15) is 15.2 Å². The number of nitro groups is 1. The molecular formula is C13H11NO6S. The Labute approximate surface area is 123 Å². The molecule has 1 aromatic heterocycles. The Morgan fingerprint density at radius 2 is 2.19 bits per heavy atom. The Hall–Kier alpha value is -2.61. The van der Waals surface area contributed by atoms with E-state index in [1.54, 1.807) is 11.4 Å². The minimum absolute atomic E-state index is 0.0978. The van der Waals surface area contributed by atoms with Crippen molar-refractivity contribution < 1.29 is 24.3 Å². The lowest BCUT2D eigenvalue weighted by molar-refractivity contribution is -0.385. The highest BCUT2D eigenvalue weighted by molar-refractivity contribution is 7.12. The summed E-state index contributed by atoms with van der Waals surface area (Å²) in [6.07, 6.45) is 0. The zero-order chi connectivity index (χ0) is 15.4. The molecule has 7 nitrogen and oxygen atoms in total. The molecule has 8 heteroatoms. The zero-order valence-corrected chi connectivity index (χ0v) is 11.8. The van der Waals surface area contributed by atoms with Crippen molar-refractivity contribution in [2.24, 2.45) is 0 Å². The van der Waals surface area contributed by atoms with Crippen LogP contribution in [-0.4, -0.2) is 23.1 Å². The summed E-state index contributed by atoms with van der Waals surface area (Å²) in [6.45, 7) is 0.0978. The van der Waals surface area contributed by atoms with Crippen LogP contribution in [0.4, 0.5) is 5.69 Å². The maximum absolute atomic E-state index is 10.9. The highest BCUT2D eigenvalue weighted by Crippen LogP contribution is 2.28. The number of nitro benzene ring substituents is 1. The van der Waals surface area contributed by atoms with E-state index < -0.39 is 10.9 Å². The normalized spacial score (nSPS) is 10.1. The monoisotopic (exact) mass is 309 g/mol. The topological polar surface area (TPSA) is 98.9 Å². The first-order chi connectivity index (χ1) is 10.0. The van der Waals surface area contributed by atoms with Crippen molar-refractivity contribution in [2.75, 3.05) is 7.11 Å². The summed E-state index contributed by atoms with van der Waals surface area (Å²) in [5.41, 5.74) is 0.445. The predicted octanol–water partition coefficient (Wildman–Crippen LogP) is 2.94. The molecular weight excluding hydrogens is 298 g/mol. The quantitative estimate of drug-likeness (QED) is 0.650. The highest BCUT2D eigenvalue weighted by Gasteiger charge is 2.15. The maximum Gasteiger partial charge on any atom is 0.346 e. The summed E-state index contributed by atoms with van der Waals surface area (Å²) in [6, 6.07) is 5.91. The van der Waals surface area contributed by atoms with E-state index in [1.165, 1.54) is 25.3 Å². The van der Waals surface area contributed by atoms with Gasteiger partial charge in [-0.25, -0.2) is 4.79 Å². The number of benzene rings is 1. The van der Waals surface area contributed by atoms with Gasteiger partial charge in [0.15, 0.2) is 5.75 Å². The first-order valence-corrected chi connectivity index (χ1v) is 6.65. The average Bonchev–Trinajstić information content (AvgIpc) is 2.94. The maximum atomic E-state index is 10.9. The molecule has 2 rings (SSSR count). The van der Waals surface area contributed by atoms with Gasteiger partial charge in [-0.3, -0.25) is 10.1 Å². The van der Waals surface area contributed by atoms with E-state index in [-0.39, 0.29) is 22.9 Å². The first kappa shape index (κ1) is 14.8. The summed E-state index contributed by atoms with van der Waals surface area (Å²) in [5.74, 6) is -0.432. The van der Waals surface area contributed by atoms with Crippen LogP contribution in [0.2, 0.25) is 0 Å². The average molecular weight is 309 g/mol. The van der Waals surface area contributed by atoms with Crippen molar-refractivity contribution in [3.63, 3.8) is 0 Å². The van der Waals surface area contributed by atoms with Gasteiger partial charge in [0.05, 0.1) is 12.0 Å². The smallest absolute Gasteiger partial charge is 0.346 e. The van der Waals surface area contributed by atoms with Gasteiger partial charge in [0.1, 0.15) is 17.2 Å². The van der Waals surface area contributed by atoms with Gasteiger partial charge >= 0.3 is 11.7 Å². The number of methoxy groups -OCH3 is 1. The van der Waals surface area contributed by atoms with E-state index in [2.05, 4.69) is 0 Å². The van der Waals surface area contributed by atoms with Crippen LogP contribution in [0.5, 0.6) is 11.5 Å². The Morgan fingerprint density at radius 1 is 1.43 bits per heavy atom. The van der Waals surface area contributed by atoms with Crippen molar-refractivity contribution >= 4 is 23.0 Å². The fourth-order valence-corrected chi connectivity index (χ4v) is 2.31. The Kier molecular flexibility index (Phi) is 4.39. The van der Waals surface area contributed by atoms with E-state index in [4.69, 9.17) is 14.6 Å². The van der Waals surface area contributed by atoms with Gasteiger partial charge in [-0.15, -0.1) is 11.3 Å². The number of carboxylic acids is 1. The molecule has 0 saturated carbocycles. The van der Waals surface area contributed by atoms with E-state index in [1.807, 2.05) is 0 Å². The predicted molar refractivity (Wildman–Crippen MR) is 75.3 cm³/mol. The zero-order valence-electron chi connectivity index (χ0n) is 10.9. The molecule has 0 atom stereocenters. The van der Waals surface area contributed by atoms with Gasteiger partial charge in [0.2, 0.25) is 0 Å². The summed E-state index contributed by atoms with van der Waals surface area (Å²) >= 11 is 1.05. The van der Waals surface area contributed by atoms with Crippen molar-refractivity contribution in [1.82, 2.24) is 0 Å². The van der Waals surface area contributed by atoms with Crippen molar-refractivity contribution in [1.29, 1.82) is 0 Å². The lowest BCUT2D eigenvalue weighted by atomic mass is 10.2. The van der Waals surface area contributed by atoms with Gasteiger partial charge in [0.25, 0.3) is 0 Å². The lowest BCUT2D eigenvalue weighted by Gasteiger charge is -2.06. The third-order valence-corrected chi connectivity index (χ3v) is 3.53. The number of carboxylic acid groups (broad SMARTS) is 1. The van der Waals surface area contributed by atoms with Gasteiger partial charge in [-0.1, -0.05) is 6.07 Å². The Morgan fingerprint density at radius 3 is 2.76 bits per heavy atom. The molecule has 1 N–H and O–H groups in total. The van der Waals surface area contributed by atoms with Gasteiger partial charge < -0.3 is 14.6 Å². The number of rotatable bonds is 6. The fraction of sp³-hybridized carbons (Fsp3) is 0.154. The number of aromatic carboxylic acids is 1. The SMILES string of the molecule is COc1ccc(COc2csc(C(=O)O)c2)cc1[N+](=O)[O-].